The zero-order chi connectivity index (χ0) is 16.4. The van der Waals surface area contributed by atoms with Crippen LogP contribution in [0.5, 0.6) is 0 Å². The molecule has 3 rings (SSSR count). The van der Waals surface area contributed by atoms with E-state index in [1.807, 2.05) is 36.3 Å². The predicted molar refractivity (Wildman–Crippen MR) is 93.9 cm³/mol. The number of thioether (sulfide) groups is 2. The second-order valence-corrected chi connectivity index (χ2v) is 7.70. The second kappa shape index (κ2) is 6.97. The summed E-state index contributed by atoms with van der Waals surface area (Å²) >= 11 is 2.95. The number of aromatic nitrogens is 2. The van der Waals surface area contributed by atoms with Crippen molar-refractivity contribution in [2.45, 2.75) is 42.5 Å². The Kier molecular flexibility index (Phi) is 4.96. The molecule has 2 atom stereocenters. The van der Waals surface area contributed by atoms with Gasteiger partial charge in [0.15, 0.2) is 0 Å². The number of para-hydroxylation sites is 1. The molecule has 5 nitrogen and oxygen atoms in total. The monoisotopic (exact) mass is 349 g/mol. The van der Waals surface area contributed by atoms with E-state index in [1.165, 1.54) is 17.3 Å². The van der Waals surface area contributed by atoms with Crippen molar-refractivity contribution in [3.8, 4) is 0 Å². The third-order valence-corrected chi connectivity index (χ3v) is 5.24. The first-order valence-corrected chi connectivity index (χ1v) is 9.76. The van der Waals surface area contributed by atoms with Crippen molar-refractivity contribution in [1.82, 2.24) is 10.2 Å². The van der Waals surface area contributed by atoms with E-state index in [1.54, 1.807) is 11.8 Å². The molecule has 1 amide bonds. The molecule has 2 aromatic rings. The number of carbonyl (C=O) groups is 1. The lowest BCUT2D eigenvalue weighted by atomic mass is 10.1. The van der Waals surface area contributed by atoms with Crippen molar-refractivity contribution in [1.29, 1.82) is 0 Å². The van der Waals surface area contributed by atoms with Gasteiger partial charge in [-0.1, -0.05) is 30.0 Å². The number of carbonyl (C=O) groups excluding carboxylic acids is 1. The maximum absolute atomic E-state index is 12.9. The Morgan fingerprint density at radius 1 is 1.43 bits per heavy atom. The summed E-state index contributed by atoms with van der Waals surface area (Å²) in [5.41, 5.74) is 2.25. The molecule has 2 heterocycles. The maximum Gasteiger partial charge on any atom is 0.277 e. The number of rotatable bonds is 5. The van der Waals surface area contributed by atoms with Crippen LogP contribution < -0.4 is 4.90 Å². The third-order valence-electron chi connectivity index (χ3n) is 3.79. The lowest BCUT2D eigenvalue weighted by Crippen LogP contribution is -2.40. The number of amides is 1. The fourth-order valence-corrected chi connectivity index (χ4v) is 3.88. The van der Waals surface area contributed by atoms with E-state index in [4.69, 9.17) is 4.42 Å². The van der Waals surface area contributed by atoms with Gasteiger partial charge in [-0.25, -0.2) is 0 Å². The molecular formula is C16H19N3O2S2. The van der Waals surface area contributed by atoms with Crippen LogP contribution in [0, 0.1) is 0 Å². The van der Waals surface area contributed by atoms with Crippen LogP contribution in [0.3, 0.4) is 0 Å². The molecule has 0 unspecified atom stereocenters. The molecular weight excluding hydrogens is 330 g/mol. The fraction of sp³-hybridized carbons (Fsp3) is 0.438. The topological polar surface area (TPSA) is 59.2 Å². The molecule has 0 spiro atoms. The second-order valence-electron chi connectivity index (χ2n) is 5.54. The molecule has 0 N–H and O–H groups in total. The highest BCUT2D eigenvalue weighted by molar-refractivity contribution is 8.00. The molecule has 23 heavy (non-hydrogen) atoms. The highest BCUT2D eigenvalue weighted by atomic mass is 32.2. The van der Waals surface area contributed by atoms with Gasteiger partial charge < -0.3 is 9.32 Å². The number of nitrogens with zero attached hydrogens (tertiary/aromatic N) is 3. The first-order chi connectivity index (χ1) is 11.1. The standard InChI is InChI=1S/C16H19N3O2S2/c1-10-8-12-6-4-5-7-13(12)19(10)15(20)11(2)23-16-18-17-14(21-16)9-22-3/h4-7,10-11H,8-9H2,1-3H3/t10-,11+/m1/s1. The van der Waals surface area contributed by atoms with Crippen LogP contribution in [0.4, 0.5) is 5.69 Å². The van der Waals surface area contributed by atoms with Crippen LogP contribution in [0.15, 0.2) is 33.9 Å². The quantitative estimate of drug-likeness (QED) is 0.771. The summed E-state index contributed by atoms with van der Waals surface area (Å²) in [6.07, 6.45) is 2.88. The molecule has 0 fully saturated rings. The highest BCUT2D eigenvalue weighted by Crippen LogP contribution is 2.34. The van der Waals surface area contributed by atoms with Crippen molar-refractivity contribution in [3.05, 3.63) is 35.7 Å². The van der Waals surface area contributed by atoms with E-state index in [9.17, 15) is 4.79 Å². The van der Waals surface area contributed by atoms with E-state index in [0.717, 1.165) is 12.1 Å². The van der Waals surface area contributed by atoms with Gasteiger partial charge in [0.2, 0.25) is 11.8 Å². The Morgan fingerprint density at radius 3 is 3.00 bits per heavy atom. The highest BCUT2D eigenvalue weighted by Gasteiger charge is 2.33. The van der Waals surface area contributed by atoms with Crippen molar-refractivity contribution in [2.75, 3.05) is 11.2 Å². The summed E-state index contributed by atoms with van der Waals surface area (Å²) in [5, 5.41) is 8.17. The van der Waals surface area contributed by atoms with Gasteiger partial charge >= 0.3 is 0 Å². The molecule has 0 saturated carbocycles. The lowest BCUT2D eigenvalue weighted by molar-refractivity contribution is -0.118. The number of anilines is 1. The van der Waals surface area contributed by atoms with Crippen LogP contribution in [-0.4, -0.2) is 33.7 Å². The SMILES string of the molecule is CSCc1nnc(S[C@@H](C)C(=O)N2c3ccccc3C[C@H]2C)o1. The van der Waals surface area contributed by atoms with Crippen molar-refractivity contribution >= 4 is 35.1 Å². The van der Waals surface area contributed by atoms with Gasteiger partial charge in [-0.15, -0.1) is 10.2 Å². The summed E-state index contributed by atoms with van der Waals surface area (Å²) in [6.45, 7) is 3.97. The normalized spacial score (nSPS) is 18.0. The molecule has 0 radical (unpaired) electrons. The van der Waals surface area contributed by atoms with Gasteiger partial charge in [0.1, 0.15) is 0 Å². The largest absolute Gasteiger partial charge is 0.415 e. The van der Waals surface area contributed by atoms with Crippen LogP contribution in [-0.2, 0) is 17.0 Å². The van der Waals surface area contributed by atoms with Gasteiger partial charge in [0.25, 0.3) is 5.22 Å². The lowest BCUT2D eigenvalue weighted by Gasteiger charge is -2.25. The molecule has 7 heteroatoms. The molecule has 1 aliphatic heterocycles. The summed E-state index contributed by atoms with van der Waals surface area (Å²) in [5.74, 6) is 1.36. The average molecular weight is 349 g/mol. The minimum Gasteiger partial charge on any atom is -0.415 e. The Hall–Kier alpha value is -1.47. The zero-order valence-electron chi connectivity index (χ0n) is 13.4. The Morgan fingerprint density at radius 2 is 2.22 bits per heavy atom. The van der Waals surface area contributed by atoms with Crippen molar-refractivity contribution in [2.24, 2.45) is 0 Å². The smallest absolute Gasteiger partial charge is 0.277 e. The Balaban J connectivity index is 1.72. The van der Waals surface area contributed by atoms with E-state index in [0.29, 0.717) is 16.9 Å². The summed E-state index contributed by atoms with van der Waals surface area (Å²) in [6, 6.07) is 8.27. The molecule has 1 aromatic heterocycles. The van der Waals surface area contributed by atoms with Crippen molar-refractivity contribution < 1.29 is 9.21 Å². The minimum atomic E-state index is -0.272. The summed E-state index contributed by atoms with van der Waals surface area (Å²) < 4.78 is 5.55. The summed E-state index contributed by atoms with van der Waals surface area (Å²) in [7, 11) is 0. The van der Waals surface area contributed by atoms with Gasteiger partial charge in [-0.05, 0) is 38.2 Å². The Labute approximate surface area is 144 Å². The average Bonchev–Trinajstić information content (AvgIpc) is 3.10. The van der Waals surface area contributed by atoms with Gasteiger partial charge in [0.05, 0.1) is 11.0 Å². The van der Waals surface area contributed by atoms with E-state index in [-0.39, 0.29) is 17.2 Å². The minimum absolute atomic E-state index is 0.0806. The number of hydrogen-bond donors (Lipinski definition) is 0. The molecule has 0 saturated heterocycles. The molecule has 0 aliphatic carbocycles. The van der Waals surface area contributed by atoms with Crippen LogP contribution >= 0.6 is 23.5 Å². The summed E-state index contributed by atoms with van der Waals surface area (Å²) in [4.78, 5) is 14.8. The van der Waals surface area contributed by atoms with E-state index >= 15 is 0 Å². The molecule has 1 aromatic carbocycles. The van der Waals surface area contributed by atoms with Crippen LogP contribution in [0.25, 0.3) is 0 Å². The zero-order valence-corrected chi connectivity index (χ0v) is 15.0. The number of hydrogen-bond acceptors (Lipinski definition) is 6. The third kappa shape index (κ3) is 3.40. The van der Waals surface area contributed by atoms with Gasteiger partial charge in [0, 0.05) is 11.7 Å². The Bertz CT molecular complexity index is 704. The fourth-order valence-electron chi connectivity index (χ4n) is 2.77. The molecule has 0 bridgehead atoms. The van der Waals surface area contributed by atoms with Crippen LogP contribution in [0.1, 0.15) is 25.3 Å². The maximum atomic E-state index is 12.9. The van der Waals surface area contributed by atoms with Gasteiger partial charge in [-0.2, -0.15) is 11.8 Å². The first-order valence-electron chi connectivity index (χ1n) is 7.49. The van der Waals surface area contributed by atoms with Crippen LogP contribution in [0.2, 0.25) is 0 Å². The van der Waals surface area contributed by atoms with Gasteiger partial charge in [-0.3, -0.25) is 4.79 Å². The predicted octanol–water partition coefficient (Wildman–Crippen LogP) is 3.39. The number of benzene rings is 1. The number of fused-ring (bicyclic) bond motifs is 1. The van der Waals surface area contributed by atoms with E-state index in [2.05, 4.69) is 23.2 Å². The first kappa shape index (κ1) is 16.4. The van der Waals surface area contributed by atoms with E-state index < -0.39 is 0 Å². The molecule has 122 valence electrons. The molecule has 1 aliphatic rings. The van der Waals surface area contributed by atoms with Crippen molar-refractivity contribution in [3.63, 3.8) is 0 Å².